The van der Waals surface area contributed by atoms with E-state index >= 15 is 0 Å². The molecule has 5 heteroatoms. The zero-order chi connectivity index (χ0) is 15.7. The average molecular weight is 348 g/mol. The molecule has 2 saturated heterocycles. The first-order valence-electron chi connectivity index (χ1n) is 8.36. The maximum Gasteiger partial charge on any atom is 0.128 e. The van der Waals surface area contributed by atoms with Gasteiger partial charge in [-0.2, -0.15) is 0 Å². The quantitative estimate of drug-likeness (QED) is 0.921. The summed E-state index contributed by atoms with van der Waals surface area (Å²) in [6.07, 6.45) is 5.96. The van der Waals surface area contributed by atoms with Crippen molar-refractivity contribution in [1.82, 2.24) is 15.2 Å². The van der Waals surface area contributed by atoms with E-state index in [0.717, 1.165) is 42.9 Å². The van der Waals surface area contributed by atoms with Gasteiger partial charge in [0, 0.05) is 37.6 Å². The minimum atomic E-state index is -0.107. The number of nitrogens with zero attached hydrogens (tertiary/aromatic N) is 2. The van der Waals surface area contributed by atoms with Crippen LogP contribution in [0.25, 0.3) is 11.1 Å². The van der Waals surface area contributed by atoms with Crippen molar-refractivity contribution in [3.05, 3.63) is 54.1 Å². The lowest BCUT2D eigenvalue weighted by atomic mass is 9.86. The third-order valence-corrected chi connectivity index (χ3v) is 5.31. The SMILES string of the molecule is Cl.Fc1cc(-c2ccncc2)ccc1CN1CCC2(CCNC2)C1. The first-order valence-corrected chi connectivity index (χ1v) is 8.36. The van der Waals surface area contributed by atoms with Crippen LogP contribution < -0.4 is 5.32 Å². The van der Waals surface area contributed by atoms with E-state index in [1.807, 2.05) is 24.3 Å². The number of pyridine rings is 1. The molecule has 0 amide bonds. The van der Waals surface area contributed by atoms with Crippen molar-refractivity contribution in [3.63, 3.8) is 0 Å². The Morgan fingerprint density at radius 1 is 1.12 bits per heavy atom. The summed E-state index contributed by atoms with van der Waals surface area (Å²) < 4.78 is 14.5. The number of aromatic nitrogens is 1. The Morgan fingerprint density at radius 3 is 2.67 bits per heavy atom. The first-order chi connectivity index (χ1) is 11.2. The molecule has 0 saturated carbocycles. The van der Waals surface area contributed by atoms with Gasteiger partial charge in [0.05, 0.1) is 0 Å². The van der Waals surface area contributed by atoms with E-state index in [9.17, 15) is 4.39 Å². The van der Waals surface area contributed by atoms with E-state index in [4.69, 9.17) is 0 Å². The molecule has 3 heterocycles. The number of halogens is 2. The first kappa shape index (κ1) is 17.3. The number of rotatable bonds is 3. The Balaban J connectivity index is 0.00000169. The number of hydrogen-bond donors (Lipinski definition) is 1. The summed E-state index contributed by atoms with van der Waals surface area (Å²) in [5.41, 5.74) is 3.15. The highest BCUT2D eigenvalue weighted by Crippen LogP contribution is 2.36. The summed E-state index contributed by atoms with van der Waals surface area (Å²) in [6, 6.07) is 9.41. The van der Waals surface area contributed by atoms with Gasteiger partial charge in [0.25, 0.3) is 0 Å². The van der Waals surface area contributed by atoms with Crippen LogP contribution in [-0.4, -0.2) is 36.1 Å². The summed E-state index contributed by atoms with van der Waals surface area (Å²) in [6.45, 7) is 5.12. The fourth-order valence-electron chi connectivity index (χ4n) is 3.95. The van der Waals surface area contributed by atoms with Gasteiger partial charge in [-0.15, -0.1) is 12.4 Å². The van der Waals surface area contributed by atoms with Crippen LogP contribution in [0.15, 0.2) is 42.7 Å². The van der Waals surface area contributed by atoms with E-state index < -0.39 is 0 Å². The second-order valence-corrected chi connectivity index (χ2v) is 6.93. The Bertz CT molecular complexity index is 686. The van der Waals surface area contributed by atoms with Crippen LogP contribution in [0.1, 0.15) is 18.4 Å². The van der Waals surface area contributed by atoms with Crippen LogP contribution in [0.5, 0.6) is 0 Å². The molecule has 2 aliphatic rings. The summed E-state index contributed by atoms with van der Waals surface area (Å²) in [7, 11) is 0. The van der Waals surface area contributed by atoms with Gasteiger partial charge in [-0.1, -0.05) is 12.1 Å². The molecule has 2 aliphatic heterocycles. The lowest BCUT2D eigenvalue weighted by Gasteiger charge is -2.23. The highest BCUT2D eigenvalue weighted by molar-refractivity contribution is 5.85. The van der Waals surface area contributed by atoms with Crippen LogP contribution in [0.3, 0.4) is 0 Å². The van der Waals surface area contributed by atoms with Crippen molar-refractivity contribution in [2.45, 2.75) is 19.4 Å². The molecule has 1 N–H and O–H groups in total. The fraction of sp³-hybridized carbons (Fsp3) is 0.421. The summed E-state index contributed by atoms with van der Waals surface area (Å²) in [5, 5.41) is 3.47. The predicted molar refractivity (Wildman–Crippen MR) is 96.7 cm³/mol. The molecule has 1 spiro atoms. The third-order valence-electron chi connectivity index (χ3n) is 5.31. The largest absolute Gasteiger partial charge is 0.316 e. The minimum absolute atomic E-state index is 0. The van der Waals surface area contributed by atoms with Crippen LogP contribution in [0, 0.1) is 11.2 Å². The van der Waals surface area contributed by atoms with Crippen molar-refractivity contribution < 1.29 is 4.39 Å². The molecule has 1 atom stereocenters. The van der Waals surface area contributed by atoms with Crippen molar-refractivity contribution in [2.24, 2.45) is 5.41 Å². The van der Waals surface area contributed by atoms with Gasteiger partial charge in [0.15, 0.2) is 0 Å². The van der Waals surface area contributed by atoms with Gasteiger partial charge in [-0.3, -0.25) is 9.88 Å². The highest BCUT2D eigenvalue weighted by Gasteiger charge is 2.40. The summed E-state index contributed by atoms with van der Waals surface area (Å²) in [4.78, 5) is 6.41. The Kier molecular flexibility index (Phi) is 5.18. The molecule has 1 aromatic heterocycles. The highest BCUT2D eigenvalue weighted by atomic mass is 35.5. The van der Waals surface area contributed by atoms with Crippen molar-refractivity contribution in [1.29, 1.82) is 0 Å². The lowest BCUT2D eigenvalue weighted by Crippen LogP contribution is -2.29. The van der Waals surface area contributed by atoms with E-state index in [1.165, 1.54) is 12.8 Å². The molecular formula is C19H23ClFN3. The number of hydrogen-bond acceptors (Lipinski definition) is 3. The zero-order valence-electron chi connectivity index (χ0n) is 13.7. The van der Waals surface area contributed by atoms with Gasteiger partial charge in [0.2, 0.25) is 0 Å². The Hall–Kier alpha value is -1.49. The van der Waals surface area contributed by atoms with Gasteiger partial charge in [-0.05, 0) is 60.7 Å². The van der Waals surface area contributed by atoms with Crippen LogP contribution >= 0.6 is 12.4 Å². The van der Waals surface area contributed by atoms with E-state index in [0.29, 0.717) is 12.0 Å². The molecule has 24 heavy (non-hydrogen) atoms. The number of nitrogens with one attached hydrogen (secondary N) is 1. The Labute approximate surface area is 148 Å². The van der Waals surface area contributed by atoms with Crippen LogP contribution in [-0.2, 0) is 6.54 Å². The van der Waals surface area contributed by atoms with Gasteiger partial charge in [0.1, 0.15) is 5.82 Å². The molecule has 3 nitrogen and oxygen atoms in total. The van der Waals surface area contributed by atoms with Gasteiger partial charge < -0.3 is 5.32 Å². The van der Waals surface area contributed by atoms with Gasteiger partial charge >= 0.3 is 0 Å². The van der Waals surface area contributed by atoms with Gasteiger partial charge in [-0.25, -0.2) is 4.39 Å². The minimum Gasteiger partial charge on any atom is -0.316 e. The second kappa shape index (κ2) is 7.18. The van der Waals surface area contributed by atoms with Crippen molar-refractivity contribution >= 4 is 12.4 Å². The molecule has 1 unspecified atom stereocenters. The topological polar surface area (TPSA) is 28.2 Å². The normalized spacial score (nSPS) is 23.5. The molecule has 128 valence electrons. The smallest absolute Gasteiger partial charge is 0.128 e. The van der Waals surface area contributed by atoms with E-state index in [1.54, 1.807) is 18.5 Å². The van der Waals surface area contributed by atoms with Crippen molar-refractivity contribution in [2.75, 3.05) is 26.2 Å². The zero-order valence-corrected chi connectivity index (χ0v) is 14.5. The van der Waals surface area contributed by atoms with Crippen LogP contribution in [0.4, 0.5) is 4.39 Å². The summed E-state index contributed by atoms with van der Waals surface area (Å²) >= 11 is 0. The molecule has 4 rings (SSSR count). The number of benzene rings is 1. The molecule has 0 bridgehead atoms. The molecule has 2 aromatic rings. The van der Waals surface area contributed by atoms with Crippen LogP contribution in [0.2, 0.25) is 0 Å². The maximum atomic E-state index is 14.5. The van der Waals surface area contributed by atoms with E-state index in [-0.39, 0.29) is 18.2 Å². The summed E-state index contributed by atoms with van der Waals surface area (Å²) in [5.74, 6) is -0.107. The maximum absolute atomic E-state index is 14.5. The predicted octanol–water partition coefficient (Wildman–Crippen LogP) is 3.49. The average Bonchev–Trinajstić information content (AvgIpc) is 3.20. The Morgan fingerprint density at radius 2 is 1.96 bits per heavy atom. The molecule has 0 aliphatic carbocycles. The molecular weight excluding hydrogens is 325 g/mol. The second-order valence-electron chi connectivity index (χ2n) is 6.93. The number of likely N-dealkylation sites (tertiary alicyclic amines) is 1. The lowest BCUT2D eigenvalue weighted by molar-refractivity contribution is 0.266. The monoisotopic (exact) mass is 347 g/mol. The van der Waals surface area contributed by atoms with Crippen molar-refractivity contribution in [3.8, 4) is 11.1 Å². The molecule has 2 fully saturated rings. The molecule has 1 aromatic carbocycles. The third kappa shape index (κ3) is 3.46. The van der Waals surface area contributed by atoms with E-state index in [2.05, 4.69) is 15.2 Å². The fourth-order valence-corrected chi connectivity index (χ4v) is 3.95. The molecule has 0 radical (unpaired) electrons. The standard InChI is InChI=1S/C19H22FN3.ClH/c20-18-11-16(15-3-7-21-8-4-15)1-2-17(18)12-23-10-6-19(14-23)5-9-22-13-19;/h1-4,7-8,11,22H,5-6,9-10,12-14H2;1H.